The van der Waals surface area contributed by atoms with Gasteiger partial charge in [0, 0.05) is 38.5 Å². The molecular formula is C62H96N2O13P+. The summed E-state index contributed by atoms with van der Waals surface area (Å²) >= 11 is 0. The molecule has 18 atom stereocenters. The number of cyclic esters (lactones) is 1. The molecule has 0 unspecified atom stereocenters. The van der Waals surface area contributed by atoms with E-state index >= 15 is 0 Å². The highest BCUT2D eigenvalue weighted by Gasteiger charge is 2.53. The largest absolute Gasteiger partial charge is 0.459 e. The molecule has 3 aromatic carbocycles. The maximum Gasteiger partial charge on any atom is 0.311 e. The Morgan fingerprint density at radius 2 is 1.32 bits per heavy atom. The first-order valence-corrected chi connectivity index (χ1v) is 30.7. The van der Waals surface area contributed by atoms with Crippen LogP contribution in [0.4, 0.5) is 0 Å². The molecule has 3 heterocycles. The summed E-state index contributed by atoms with van der Waals surface area (Å²) in [5.41, 5.74) is -4.83. The second kappa shape index (κ2) is 27.6. The van der Waals surface area contributed by atoms with Crippen LogP contribution < -0.4 is 15.9 Å². The standard InChI is InChI=1S/C62H96N2O13P/c1-14-50-62(10,71)55(67)44(6)64(51(65)34-26-15-16-27-35-78(46-28-20-17-21-29-46,47-30-22-18-23-31-47)48-32-24-19-25-33-48)39-40(2)37-60(8,70)57(77-59-53(66)49(63(11)12)36-41(3)73-59)42(4)54(43(5)58(69)75-50)76-52-38-61(9,72-13)56(68)45(7)74-52/h17-25,28-33,40-45,49-50,52-57,59,66-68,70-71H,14-16,26-27,34-39H2,1-13H3/q+1/t40-,41-,42+,43-,44-,45+,49+,50-,52+,53-,54+,55-,56+,57-,59+,60-,61-,62-/m1/s1. The van der Waals surface area contributed by atoms with Gasteiger partial charge in [0.2, 0.25) is 5.91 Å². The third-order valence-electron chi connectivity index (χ3n) is 17.5. The zero-order chi connectivity index (χ0) is 57.3. The minimum Gasteiger partial charge on any atom is -0.459 e. The number of amides is 1. The highest BCUT2D eigenvalue weighted by molar-refractivity contribution is 7.95. The number of likely N-dealkylation sites (N-methyl/N-ethyl adjacent to an activating group) is 1. The number of carbonyl (C=O) groups is 2. The number of ether oxygens (including phenoxy) is 6. The molecule has 5 N–H and O–H groups in total. The Morgan fingerprint density at radius 1 is 0.769 bits per heavy atom. The number of hydrogen-bond donors (Lipinski definition) is 5. The number of aliphatic hydroxyl groups is 5. The number of methoxy groups -OCH3 is 1. The maximum absolute atomic E-state index is 14.8. The van der Waals surface area contributed by atoms with Crippen molar-refractivity contribution >= 4 is 35.1 Å². The number of benzene rings is 3. The summed E-state index contributed by atoms with van der Waals surface area (Å²) < 4.78 is 38.3. The molecule has 78 heavy (non-hydrogen) atoms. The van der Waals surface area contributed by atoms with E-state index in [1.54, 1.807) is 53.4 Å². The first kappa shape index (κ1) is 63.8. The normalized spacial score (nSPS) is 36.8. The fourth-order valence-electron chi connectivity index (χ4n) is 12.8. The average Bonchev–Trinajstić information content (AvgIpc) is 3.49. The van der Waals surface area contributed by atoms with Crippen LogP contribution in [0.25, 0.3) is 0 Å². The van der Waals surface area contributed by atoms with Gasteiger partial charge < -0.3 is 63.8 Å². The Labute approximate surface area is 466 Å². The van der Waals surface area contributed by atoms with Gasteiger partial charge in [-0.05, 0) is 143 Å². The Morgan fingerprint density at radius 3 is 1.85 bits per heavy atom. The van der Waals surface area contributed by atoms with Crippen molar-refractivity contribution in [1.82, 2.24) is 9.80 Å². The molecule has 3 aromatic rings. The number of nitrogens with zero attached hydrogens (tertiary/aromatic N) is 2. The van der Waals surface area contributed by atoms with E-state index in [0.29, 0.717) is 12.8 Å². The third kappa shape index (κ3) is 14.6. The van der Waals surface area contributed by atoms with Crippen LogP contribution in [-0.2, 0) is 38.0 Å². The van der Waals surface area contributed by atoms with E-state index in [1.165, 1.54) is 29.9 Å². The van der Waals surface area contributed by atoms with E-state index in [0.717, 1.165) is 25.4 Å². The van der Waals surface area contributed by atoms with Crippen LogP contribution in [-0.4, -0.2) is 171 Å². The van der Waals surface area contributed by atoms with Gasteiger partial charge in [-0.2, -0.15) is 0 Å². The summed E-state index contributed by atoms with van der Waals surface area (Å²) in [5.74, 6) is -3.34. The molecule has 0 bridgehead atoms. The number of unbranched alkanes of at least 4 members (excludes halogenated alkanes) is 3. The fraction of sp³-hybridized carbons (Fsp3) is 0.677. The summed E-state index contributed by atoms with van der Waals surface area (Å²) in [6.07, 6.45) is -5.23. The predicted octanol–water partition coefficient (Wildman–Crippen LogP) is 6.74. The number of rotatable bonds is 17. The SMILES string of the molecule is CC[C@H]1OC(=O)[C@H](C)[C@@H](O[C@H]2C[C@@](C)(OC)[C@@H](O)[C@H](C)O2)[C@H](C)[C@@H](O[C@@H]2O[C@H](C)C[C@H](N(C)C)[C@H]2O)[C@](C)(O)C[C@@H](C)CN(C(=O)CCCCCC[P+](c2ccccc2)(c2ccccc2)c2ccccc2)[C@H](C)[C@@H](O)[C@]1(C)O. The number of aliphatic hydroxyl groups excluding tert-OH is 3. The van der Waals surface area contributed by atoms with Crippen molar-refractivity contribution in [3.63, 3.8) is 0 Å². The van der Waals surface area contributed by atoms with E-state index in [2.05, 4.69) is 91.0 Å². The molecule has 3 aliphatic rings. The topological polar surface area (TPSA) is 197 Å². The molecule has 0 saturated carbocycles. The molecule has 0 radical (unpaired) electrons. The van der Waals surface area contributed by atoms with Crippen molar-refractivity contribution in [2.45, 2.75) is 217 Å². The van der Waals surface area contributed by atoms with Gasteiger partial charge >= 0.3 is 5.97 Å². The smallest absolute Gasteiger partial charge is 0.311 e. The van der Waals surface area contributed by atoms with E-state index in [-0.39, 0.29) is 50.3 Å². The van der Waals surface area contributed by atoms with Crippen molar-refractivity contribution in [3.05, 3.63) is 91.0 Å². The first-order chi connectivity index (χ1) is 36.8. The number of carbonyl (C=O) groups excluding carboxylic acids is 2. The van der Waals surface area contributed by atoms with Crippen LogP contribution in [0, 0.1) is 17.8 Å². The molecule has 1 amide bonds. The highest BCUT2D eigenvalue weighted by atomic mass is 31.2. The summed E-state index contributed by atoms with van der Waals surface area (Å²) in [6, 6.07) is 31.1. The Kier molecular flexibility index (Phi) is 22.5. The minimum absolute atomic E-state index is 0.0591. The van der Waals surface area contributed by atoms with Gasteiger partial charge in [-0.1, -0.05) is 81.8 Å². The van der Waals surface area contributed by atoms with Gasteiger partial charge in [0.1, 0.15) is 53.2 Å². The van der Waals surface area contributed by atoms with Crippen molar-refractivity contribution in [3.8, 4) is 0 Å². The Balaban J connectivity index is 1.29. The minimum atomic E-state index is -2.02. The van der Waals surface area contributed by atoms with E-state index in [1.807, 2.05) is 32.8 Å². The van der Waals surface area contributed by atoms with Crippen molar-refractivity contribution in [2.75, 3.05) is 33.9 Å². The van der Waals surface area contributed by atoms with E-state index < -0.39 is 109 Å². The van der Waals surface area contributed by atoms with Crippen LogP contribution >= 0.6 is 7.26 Å². The van der Waals surface area contributed by atoms with Crippen LogP contribution in [0.2, 0.25) is 0 Å². The van der Waals surface area contributed by atoms with Gasteiger partial charge in [-0.25, -0.2) is 0 Å². The van der Waals surface area contributed by atoms with Crippen LogP contribution in [0.1, 0.15) is 127 Å². The molecule has 0 aromatic heterocycles. The fourth-order valence-corrected chi connectivity index (χ4v) is 17.3. The molecule has 3 fully saturated rings. The van der Waals surface area contributed by atoms with Gasteiger partial charge in [-0.15, -0.1) is 0 Å². The van der Waals surface area contributed by atoms with Crippen molar-refractivity contribution in [1.29, 1.82) is 0 Å². The second-order valence-electron chi connectivity index (χ2n) is 24.0. The lowest BCUT2D eigenvalue weighted by Gasteiger charge is -2.48. The molecule has 15 nitrogen and oxygen atoms in total. The lowest BCUT2D eigenvalue weighted by molar-refractivity contribution is -0.318. The molecule has 0 aliphatic carbocycles. The summed E-state index contributed by atoms with van der Waals surface area (Å²) in [4.78, 5) is 33.0. The van der Waals surface area contributed by atoms with E-state index in [9.17, 15) is 35.1 Å². The molecular weight excluding hydrogens is 1010 g/mol. The Bertz CT molecular complexity index is 2220. The van der Waals surface area contributed by atoms with Gasteiger partial charge in [-0.3, -0.25) is 9.59 Å². The summed E-state index contributed by atoms with van der Waals surface area (Å²) in [6.45, 7) is 17.4. The first-order valence-electron chi connectivity index (χ1n) is 28.7. The molecule has 6 rings (SSSR count). The monoisotopic (exact) mass is 1110 g/mol. The second-order valence-corrected chi connectivity index (χ2v) is 27.6. The van der Waals surface area contributed by atoms with Crippen LogP contribution in [0.5, 0.6) is 0 Å². The number of hydrogen-bond acceptors (Lipinski definition) is 14. The summed E-state index contributed by atoms with van der Waals surface area (Å²) in [7, 11) is 3.24. The van der Waals surface area contributed by atoms with Gasteiger partial charge in [0.15, 0.2) is 12.6 Å². The van der Waals surface area contributed by atoms with Crippen molar-refractivity contribution in [2.24, 2.45) is 17.8 Å². The Hall–Kier alpha value is -3.41. The number of esters is 1. The summed E-state index contributed by atoms with van der Waals surface area (Å²) in [5, 5.41) is 64.7. The molecule has 3 aliphatic heterocycles. The van der Waals surface area contributed by atoms with Crippen LogP contribution in [0.3, 0.4) is 0 Å². The molecule has 436 valence electrons. The lowest BCUT2D eigenvalue weighted by atomic mass is 9.77. The average molecular weight is 1110 g/mol. The molecule has 0 spiro atoms. The highest BCUT2D eigenvalue weighted by Crippen LogP contribution is 2.56. The van der Waals surface area contributed by atoms with E-state index in [4.69, 9.17) is 28.4 Å². The lowest BCUT2D eigenvalue weighted by Crippen LogP contribution is -2.60. The van der Waals surface area contributed by atoms with Crippen molar-refractivity contribution < 1.29 is 63.5 Å². The predicted molar refractivity (Wildman–Crippen MR) is 306 cm³/mol. The van der Waals surface area contributed by atoms with Gasteiger partial charge in [0.05, 0.1) is 53.7 Å². The molecule has 16 heteroatoms. The third-order valence-corrected chi connectivity index (χ3v) is 22.0. The van der Waals surface area contributed by atoms with Crippen LogP contribution in [0.15, 0.2) is 91.0 Å². The quantitative estimate of drug-likeness (QED) is 0.0541. The van der Waals surface area contributed by atoms with Gasteiger partial charge in [0.25, 0.3) is 0 Å². The maximum atomic E-state index is 14.8. The zero-order valence-corrected chi connectivity index (χ0v) is 49.8. The zero-order valence-electron chi connectivity index (χ0n) is 48.9. The molecule has 3 saturated heterocycles.